The number of benzene rings is 1. The molecule has 76 valence electrons. The quantitative estimate of drug-likeness (QED) is 0.583. The van der Waals surface area contributed by atoms with Crippen LogP contribution in [-0.2, 0) is 4.79 Å². The van der Waals surface area contributed by atoms with Gasteiger partial charge in [0.25, 0.3) is 5.78 Å². The van der Waals surface area contributed by atoms with Crippen LogP contribution in [0.1, 0.15) is 15.9 Å². The van der Waals surface area contributed by atoms with Crippen LogP contribution in [-0.4, -0.2) is 24.0 Å². The number of ether oxygens (including phenoxy) is 1. The lowest BCUT2D eigenvalue weighted by Crippen LogP contribution is -2.12. The summed E-state index contributed by atoms with van der Waals surface area (Å²) in [5.74, 6) is -2.29. The van der Waals surface area contributed by atoms with Crippen LogP contribution in [0, 0.1) is 11.3 Å². The van der Waals surface area contributed by atoms with Crippen LogP contribution in [0.4, 0.5) is 0 Å². The second-order valence-electron chi connectivity index (χ2n) is 2.66. The minimum absolute atomic E-state index is 0.0418. The molecule has 0 fully saturated rings. The summed E-state index contributed by atoms with van der Waals surface area (Å²) >= 11 is 0. The first-order valence-electron chi connectivity index (χ1n) is 3.96. The van der Waals surface area contributed by atoms with Gasteiger partial charge in [-0.15, -0.1) is 0 Å². The maximum absolute atomic E-state index is 11.1. The van der Waals surface area contributed by atoms with Gasteiger partial charge in [0.1, 0.15) is 11.8 Å². The number of carbonyl (C=O) groups excluding carboxylic acids is 1. The maximum Gasteiger partial charge on any atom is 0.377 e. The van der Waals surface area contributed by atoms with Gasteiger partial charge >= 0.3 is 5.97 Å². The fourth-order valence-corrected chi connectivity index (χ4v) is 1.06. The molecule has 1 rings (SSSR count). The fourth-order valence-electron chi connectivity index (χ4n) is 1.06. The highest BCUT2D eigenvalue weighted by Crippen LogP contribution is 2.18. The van der Waals surface area contributed by atoms with Crippen molar-refractivity contribution in [3.63, 3.8) is 0 Å². The van der Waals surface area contributed by atoms with Gasteiger partial charge in [-0.1, -0.05) is 0 Å². The maximum atomic E-state index is 11.1. The van der Waals surface area contributed by atoms with Crippen LogP contribution < -0.4 is 4.74 Å². The standard InChI is InChI=1S/C10H7NO4/c1-15-8-3-2-6(4-7(8)5-11)9(12)10(13)14/h2-4H,1H3,(H,13,14). The van der Waals surface area contributed by atoms with E-state index in [-0.39, 0.29) is 11.1 Å². The molecule has 0 saturated carbocycles. The highest BCUT2D eigenvalue weighted by atomic mass is 16.5. The van der Waals surface area contributed by atoms with Crippen LogP contribution >= 0.6 is 0 Å². The molecule has 0 aliphatic rings. The van der Waals surface area contributed by atoms with Crippen molar-refractivity contribution in [3.8, 4) is 11.8 Å². The summed E-state index contributed by atoms with van der Waals surface area (Å²) in [5.41, 5.74) is 0.0875. The summed E-state index contributed by atoms with van der Waals surface area (Å²) in [7, 11) is 1.38. The monoisotopic (exact) mass is 205 g/mol. The van der Waals surface area contributed by atoms with Crippen molar-refractivity contribution in [2.75, 3.05) is 7.11 Å². The summed E-state index contributed by atoms with van der Waals surface area (Å²) in [6, 6.07) is 5.69. The Labute approximate surface area is 85.5 Å². The average Bonchev–Trinajstić information content (AvgIpc) is 2.26. The van der Waals surface area contributed by atoms with Crippen molar-refractivity contribution >= 4 is 11.8 Å². The number of ketones is 1. The van der Waals surface area contributed by atoms with Crippen molar-refractivity contribution < 1.29 is 19.4 Å². The molecule has 1 aromatic rings. The Bertz CT molecular complexity index is 459. The Morgan fingerprint density at radius 2 is 2.13 bits per heavy atom. The summed E-state index contributed by atoms with van der Waals surface area (Å²) in [6.07, 6.45) is 0. The SMILES string of the molecule is COc1ccc(C(=O)C(=O)O)cc1C#N. The van der Waals surface area contributed by atoms with E-state index in [2.05, 4.69) is 0 Å². The van der Waals surface area contributed by atoms with Crippen molar-refractivity contribution in [1.82, 2.24) is 0 Å². The molecular weight excluding hydrogens is 198 g/mol. The molecule has 0 aliphatic carbocycles. The minimum atomic E-state index is -1.55. The number of methoxy groups -OCH3 is 1. The number of nitrogens with zero attached hydrogens (tertiary/aromatic N) is 1. The van der Waals surface area contributed by atoms with Gasteiger partial charge in [-0.05, 0) is 18.2 Å². The number of nitriles is 1. The van der Waals surface area contributed by atoms with E-state index >= 15 is 0 Å². The molecule has 5 nitrogen and oxygen atoms in total. The van der Waals surface area contributed by atoms with Crippen molar-refractivity contribution in [3.05, 3.63) is 29.3 Å². The van der Waals surface area contributed by atoms with Gasteiger partial charge in [0.05, 0.1) is 12.7 Å². The minimum Gasteiger partial charge on any atom is -0.495 e. The van der Waals surface area contributed by atoms with E-state index in [1.54, 1.807) is 0 Å². The molecular formula is C10H7NO4. The normalized spacial score (nSPS) is 9.07. The topological polar surface area (TPSA) is 87.4 Å². The Morgan fingerprint density at radius 3 is 2.60 bits per heavy atom. The summed E-state index contributed by atoms with van der Waals surface area (Å²) in [6.45, 7) is 0. The third-order valence-corrected chi connectivity index (χ3v) is 1.78. The number of Topliss-reactive ketones (excluding diaryl/α,β-unsaturated/α-hetero) is 1. The summed E-state index contributed by atoms with van der Waals surface area (Å²) in [4.78, 5) is 21.5. The molecule has 5 heteroatoms. The van der Waals surface area contributed by atoms with Gasteiger partial charge in [-0.3, -0.25) is 4.79 Å². The highest BCUT2D eigenvalue weighted by molar-refractivity contribution is 6.39. The Hall–Kier alpha value is -2.35. The number of carbonyl (C=O) groups is 2. The van der Waals surface area contributed by atoms with E-state index in [1.807, 2.05) is 6.07 Å². The third kappa shape index (κ3) is 2.11. The molecule has 1 N–H and O–H groups in total. The third-order valence-electron chi connectivity index (χ3n) is 1.78. The van der Waals surface area contributed by atoms with Crippen molar-refractivity contribution in [2.45, 2.75) is 0 Å². The van der Waals surface area contributed by atoms with Gasteiger partial charge < -0.3 is 9.84 Å². The Kier molecular flexibility index (Phi) is 3.03. The first kappa shape index (κ1) is 10.7. The van der Waals surface area contributed by atoms with E-state index in [0.717, 1.165) is 0 Å². The van der Waals surface area contributed by atoms with E-state index < -0.39 is 11.8 Å². The first-order valence-corrected chi connectivity index (χ1v) is 3.96. The van der Waals surface area contributed by atoms with E-state index in [9.17, 15) is 9.59 Å². The lowest BCUT2D eigenvalue weighted by Gasteiger charge is -2.03. The number of rotatable bonds is 3. The number of carboxylic acids is 1. The zero-order valence-corrected chi connectivity index (χ0v) is 7.85. The summed E-state index contributed by atoms with van der Waals surface area (Å²) in [5, 5.41) is 17.2. The number of aliphatic carboxylic acids is 1. The smallest absolute Gasteiger partial charge is 0.377 e. The largest absolute Gasteiger partial charge is 0.495 e. The molecule has 0 saturated heterocycles. The average molecular weight is 205 g/mol. The second-order valence-corrected chi connectivity index (χ2v) is 2.66. The Morgan fingerprint density at radius 1 is 1.47 bits per heavy atom. The molecule has 0 aromatic heterocycles. The van der Waals surface area contributed by atoms with Crippen molar-refractivity contribution in [1.29, 1.82) is 5.26 Å². The fraction of sp³-hybridized carbons (Fsp3) is 0.100. The first-order chi connectivity index (χ1) is 7.10. The van der Waals surface area contributed by atoms with Crippen LogP contribution in [0.3, 0.4) is 0 Å². The van der Waals surface area contributed by atoms with Gasteiger partial charge in [-0.25, -0.2) is 4.79 Å². The number of hydrogen-bond acceptors (Lipinski definition) is 4. The molecule has 0 spiro atoms. The molecule has 15 heavy (non-hydrogen) atoms. The van der Waals surface area contributed by atoms with E-state index in [1.165, 1.54) is 25.3 Å². The van der Waals surface area contributed by atoms with Gasteiger partial charge in [0, 0.05) is 5.56 Å². The van der Waals surface area contributed by atoms with Crippen LogP contribution in [0.2, 0.25) is 0 Å². The van der Waals surface area contributed by atoms with Gasteiger partial charge in [0.15, 0.2) is 0 Å². The molecule has 0 unspecified atom stereocenters. The molecule has 0 bridgehead atoms. The van der Waals surface area contributed by atoms with Gasteiger partial charge in [0.2, 0.25) is 0 Å². The second kappa shape index (κ2) is 4.24. The van der Waals surface area contributed by atoms with Crippen LogP contribution in [0.25, 0.3) is 0 Å². The van der Waals surface area contributed by atoms with E-state index in [0.29, 0.717) is 5.75 Å². The molecule has 1 aromatic carbocycles. The number of hydrogen-bond donors (Lipinski definition) is 1. The molecule has 0 atom stereocenters. The highest BCUT2D eigenvalue weighted by Gasteiger charge is 2.16. The van der Waals surface area contributed by atoms with Crippen molar-refractivity contribution in [2.24, 2.45) is 0 Å². The van der Waals surface area contributed by atoms with Crippen LogP contribution in [0.5, 0.6) is 5.75 Å². The molecule has 0 radical (unpaired) electrons. The predicted molar refractivity (Wildman–Crippen MR) is 49.7 cm³/mol. The number of carboxylic acid groups (broad SMARTS) is 1. The Balaban J connectivity index is 3.21. The zero-order valence-electron chi connectivity index (χ0n) is 7.85. The lowest BCUT2D eigenvalue weighted by atomic mass is 10.1. The zero-order chi connectivity index (χ0) is 11.4. The van der Waals surface area contributed by atoms with Crippen LogP contribution in [0.15, 0.2) is 18.2 Å². The molecule has 0 amide bonds. The van der Waals surface area contributed by atoms with Gasteiger partial charge in [-0.2, -0.15) is 5.26 Å². The van der Waals surface area contributed by atoms with E-state index in [4.69, 9.17) is 15.1 Å². The molecule has 0 aliphatic heterocycles. The molecule has 0 heterocycles. The lowest BCUT2D eigenvalue weighted by molar-refractivity contribution is -0.131. The predicted octanol–water partition coefficient (Wildman–Crippen LogP) is 0.834. The summed E-state index contributed by atoms with van der Waals surface area (Å²) < 4.78 is 4.85.